The summed E-state index contributed by atoms with van der Waals surface area (Å²) in [6, 6.07) is 0. The fraction of sp³-hybridized carbons (Fsp3) is 0.857. The van der Waals surface area contributed by atoms with Crippen molar-refractivity contribution in [2.24, 2.45) is 28.9 Å². The summed E-state index contributed by atoms with van der Waals surface area (Å²) in [4.78, 5) is 23.2. The van der Waals surface area contributed by atoms with Gasteiger partial charge in [-0.3, -0.25) is 9.59 Å². The van der Waals surface area contributed by atoms with Gasteiger partial charge < -0.3 is 16.2 Å². The Hall–Kier alpha value is -1.10. The Labute approximate surface area is 112 Å². The molecule has 1 atom stereocenters. The second-order valence-electron chi connectivity index (χ2n) is 6.83. The van der Waals surface area contributed by atoms with E-state index in [9.17, 15) is 14.7 Å². The second-order valence-corrected chi connectivity index (χ2v) is 6.83. The quantitative estimate of drug-likeness (QED) is 0.677. The number of amides is 2. The Bertz CT molecular complexity index is 372. The van der Waals surface area contributed by atoms with Crippen LogP contribution in [0.4, 0.5) is 0 Å². The average molecular weight is 266 g/mol. The number of carbonyl (C=O) groups is 2. The molecule has 4 rings (SSSR count). The van der Waals surface area contributed by atoms with Gasteiger partial charge in [0, 0.05) is 5.41 Å². The topological polar surface area (TPSA) is 92.4 Å². The van der Waals surface area contributed by atoms with E-state index in [0.717, 1.165) is 19.3 Å². The summed E-state index contributed by atoms with van der Waals surface area (Å²) >= 11 is 0. The van der Waals surface area contributed by atoms with E-state index < -0.39 is 12.0 Å². The lowest BCUT2D eigenvalue weighted by molar-refractivity contribution is -0.147. The van der Waals surface area contributed by atoms with Crippen molar-refractivity contribution in [3.05, 3.63) is 0 Å². The third kappa shape index (κ3) is 2.24. The lowest BCUT2D eigenvalue weighted by atomic mass is 9.49. The number of rotatable bonds is 4. The molecule has 5 heteroatoms. The van der Waals surface area contributed by atoms with Crippen LogP contribution in [-0.4, -0.2) is 29.6 Å². The molecule has 106 valence electrons. The van der Waals surface area contributed by atoms with E-state index in [2.05, 4.69) is 5.32 Å². The van der Waals surface area contributed by atoms with Gasteiger partial charge in [0.15, 0.2) is 0 Å². The molecular formula is C14H22N2O3. The molecule has 4 bridgehead atoms. The zero-order valence-electron chi connectivity index (χ0n) is 11.1. The number of hydrogen-bond donors (Lipinski definition) is 3. The van der Waals surface area contributed by atoms with Gasteiger partial charge in [-0.1, -0.05) is 0 Å². The van der Waals surface area contributed by atoms with E-state index in [1.165, 1.54) is 19.3 Å². The van der Waals surface area contributed by atoms with Crippen LogP contribution in [0.2, 0.25) is 0 Å². The van der Waals surface area contributed by atoms with Crippen LogP contribution in [0.5, 0.6) is 0 Å². The van der Waals surface area contributed by atoms with Crippen LogP contribution in [0, 0.1) is 23.2 Å². The van der Waals surface area contributed by atoms with Crippen LogP contribution in [-0.2, 0) is 9.59 Å². The number of aliphatic hydroxyl groups excluding tert-OH is 1. The first-order valence-corrected chi connectivity index (χ1v) is 7.24. The molecule has 0 aliphatic heterocycles. The predicted octanol–water partition coefficient (Wildman–Crippen LogP) is 0.165. The standard InChI is InChI=1S/C14H22N2O3/c15-12(18)11(17)7-16-13(19)14-4-8-1-9(5-14)3-10(2-8)6-14/h8-11,17H,1-7H2,(H2,15,18)(H,16,19). The lowest BCUT2D eigenvalue weighted by Crippen LogP contribution is -2.55. The van der Waals surface area contributed by atoms with Gasteiger partial charge in [-0.15, -0.1) is 0 Å². The molecule has 5 nitrogen and oxygen atoms in total. The maximum absolute atomic E-state index is 12.4. The molecular weight excluding hydrogens is 244 g/mol. The number of hydrogen-bond acceptors (Lipinski definition) is 3. The molecule has 4 aliphatic rings. The number of primary amides is 1. The third-order valence-electron chi connectivity index (χ3n) is 5.30. The minimum Gasteiger partial charge on any atom is -0.381 e. The molecule has 0 saturated heterocycles. The highest BCUT2D eigenvalue weighted by molar-refractivity contribution is 5.84. The highest BCUT2D eigenvalue weighted by atomic mass is 16.3. The molecule has 0 heterocycles. The van der Waals surface area contributed by atoms with Crippen LogP contribution in [0.1, 0.15) is 38.5 Å². The van der Waals surface area contributed by atoms with Gasteiger partial charge in [0.2, 0.25) is 11.8 Å². The van der Waals surface area contributed by atoms with Gasteiger partial charge in [-0.25, -0.2) is 0 Å². The second kappa shape index (κ2) is 4.47. The Balaban J connectivity index is 1.65. The molecule has 0 aromatic rings. The molecule has 0 aromatic heterocycles. The number of nitrogens with one attached hydrogen (secondary N) is 1. The molecule has 19 heavy (non-hydrogen) atoms. The molecule has 4 saturated carbocycles. The van der Waals surface area contributed by atoms with Gasteiger partial charge >= 0.3 is 0 Å². The Morgan fingerprint density at radius 2 is 1.63 bits per heavy atom. The summed E-state index contributed by atoms with van der Waals surface area (Å²) in [5.41, 5.74) is 4.76. The minimum absolute atomic E-state index is 0.0203. The maximum Gasteiger partial charge on any atom is 0.248 e. The maximum atomic E-state index is 12.4. The van der Waals surface area contributed by atoms with Crippen LogP contribution in [0.15, 0.2) is 0 Å². The summed E-state index contributed by atoms with van der Waals surface area (Å²) in [6.07, 6.45) is 5.54. The first kappa shape index (κ1) is 12.9. The van der Waals surface area contributed by atoms with Crippen molar-refractivity contribution in [1.82, 2.24) is 5.32 Å². The fourth-order valence-electron chi connectivity index (χ4n) is 4.87. The molecule has 4 fully saturated rings. The number of carbonyl (C=O) groups excluding carboxylic acids is 2. The summed E-state index contributed by atoms with van der Waals surface area (Å²) < 4.78 is 0. The first-order valence-electron chi connectivity index (χ1n) is 7.24. The van der Waals surface area contributed by atoms with Crippen LogP contribution < -0.4 is 11.1 Å². The van der Waals surface area contributed by atoms with Gasteiger partial charge in [0.05, 0.1) is 6.54 Å². The monoisotopic (exact) mass is 266 g/mol. The van der Waals surface area contributed by atoms with Crippen molar-refractivity contribution < 1.29 is 14.7 Å². The van der Waals surface area contributed by atoms with E-state index in [4.69, 9.17) is 5.73 Å². The molecule has 1 unspecified atom stereocenters. The van der Waals surface area contributed by atoms with Crippen molar-refractivity contribution >= 4 is 11.8 Å². The van der Waals surface area contributed by atoms with E-state index in [-0.39, 0.29) is 17.9 Å². The SMILES string of the molecule is NC(=O)C(O)CNC(=O)C12CC3CC(CC(C3)C1)C2. The van der Waals surface area contributed by atoms with Gasteiger partial charge in [0.1, 0.15) is 6.10 Å². The van der Waals surface area contributed by atoms with Gasteiger partial charge in [-0.2, -0.15) is 0 Å². The van der Waals surface area contributed by atoms with Crippen molar-refractivity contribution in [3.8, 4) is 0 Å². The minimum atomic E-state index is -1.28. The van der Waals surface area contributed by atoms with Crippen LogP contribution in [0.25, 0.3) is 0 Å². The number of aliphatic hydroxyl groups is 1. The number of nitrogens with two attached hydrogens (primary N) is 1. The summed E-state index contributed by atoms with van der Waals surface area (Å²) in [5.74, 6) is 1.35. The fourth-order valence-corrected chi connectivity index (χ4v) is 4.87. The third-order valence-corrected chi connectivity index (χ3v) is 5.30. The predicted molar refractivity (Wildman–Crippen MR) is 68.8 cm³/mol. The zero-order valence-corrected chi connectivity index (χ0v) is 11.1. The Morgan fingerprint density at radius 1 is 1.16 bits per heavy atom. The highest BCUT2D eigenvalue weighted by Crippen LogP contribution is 2.60. The highest BCUT2D eigenvalue weighted by Gasteiger charge is 2.54. The Morgan fingerprint density at radius 3 is 2.05 bits per heavy atom. The van der Waals surface area contributed by atoms with E-state index in [0.29, 0.717) is 17.8 Å². The van der Waals surface area contributed by atoms with E-state index in [1.54, 1.807) is 0 Å². The normalized spacial score (nSPS) is 41.0. The molecule has 4 aliphatic carbocycles. The van der Waals surface area contributed by atoms with Crippen LogP contribution in [0.3, 0.4) is 0 Å². The Kier molecular flexibility index (Phi) is 3.04. The molecule has 4 N–H and O–H groups in total. The van der Waals surface area contributed by atoms with E-state index in [1.807, 2.05) is 0 Å². The van der Waals surface area contributed by atoms with Gasteiger partial charge in [-0.05, 0) is 56.3 Å². The van der Waals surface area contributed by atoms with Crippen molar-refractivity contribution in [2.75, 3.05) is 6.54 Å². The lowest BCUT2D eigenvalue weighted by Gasteiger charge is -2.55. The van der Waals surface area contributed by atoms with Crippen LogP contribution >= 0.6 is 0 Å². The first-order chi connectivity index (χ1) is 8.98. The molecule has 0 radical (unpaired) electrons. The largest absolute Gasteiger partial charge is 0.381 e. The molecule has 2 amide bonds. The summed E-state index contributed by atoms with van der Waals surface area (Å²) in [6.45, 7) is -0.0596. The summed E-state index contributed by atoms with van der Waals surface area (Å²) in [7, 11) is 0. The van der Waals surface area contributed by atoms with Crippen molar-refractivity contribution in [1.29, 1.82) is 0 Å². The zero-order chi connectivity index (χ0) is 13.6. The van der Waals surface area contributed by atoms with Crippen molar-refractivity contribution in [3.63, 3.8) is 0 Å². The summed E-state index contributed by atoms with van der Waals surface area (Å²) in [5, 5.41) is 12.1. The smallest absolute Gasteiger partial charge is 0.248 e. The average Bonchev–Trinajstić information content (AvgIpc) is 2.33. The molecule has 0 spiro atoms. The van der Waals surface area contributed by atoms with E-state index >= 15 is 0 Å². The van der Waals surface area contributed by atoms with Crippen molar-refractivity contribution in [2.45, 2.75) is 44.6 Å². The van der Waals surface area contributed by atoms with Gasteiger partial charge in [0.25, 0.3) is 0 Å². The molecule has 0 aromatic carbocycles.